The van der Waals surface area contributed by atoms with Crippen LogP contribution in [0.15, 0.2) is 0 Å². The van der Waals surface area contributed by atoms with Crippen molar-refractivity contribution in [3.05, 3.63) is 0 Å². The van der Waals surface area contributed by atoms with Gasteiger partial charge in [-0.05, 0) is 26.7 Å². The highest BCUT2D eigenvalue weighted by atomic mass is 16.7. The zero-order valence-electron chi connectivity index (χ0n) is 13.8. The Kier molecular flexibility index (Phi) is 4.47. The molecule has 6 heteroatoms. The molecule has 6 nitrogen and oxygen atoms in total. The quantitative estimate of drug-likeness (QED) is 0.807. The third kappa shape index (κ3) is 3.02. The van der Waals surface area contributed by atoms with Crippen molar-refractivity contribution in [2.24, 2.45) is 5.73 Å². The molecule has 0 atom stereocenters. The number of rotatable bonds is 2. The highest BCUT2D eigenvalue weighted by Gasteiger charge is 2.45. The van der Waals surface area contributed by atoms with Crippen LogP contribution in [0.2, 0.25) is 0 Å². The molecule has 3 fully saturated rings. The molecule has 126 valence electrons. The molecule has 1 spiro atoms. The summed E-state index contributed by atoms with van der Waals surface area (Å²) in [7, 11) is 0. The number of nitrogens with two attached hydrogens (primary N) is 1. The summed E-state index contributed by atoms with van der Waals surface area (Å²) in [6, 6.07) is 0.249. The van der Waals surface area contributed by atoms with Crippen LogP contribution in [0, 0.1) is 0 Å². The van der Waals surface area contributed by atoms with E-state index in [1.807, 2.05) is 18.7 Å². The van der Waals surface area contributed by atoms with E-state index in [0.29, 0.717) is 13.2 Å². The third-order valence-electron chi connectivity index (χ3n) is 5.48. The number of likely N-dealkylation sites (tertiary alicyclic amines) is 2. The van der Waals surface area contributed by atoms with Gasteiger partial charge in [-0.25, -0.2) is 0 Å². The van der Waals surface area contributed by atoms with Gasteiger partial charge in [0.15, 0.2) is 5.79 Å². The Bertz CT molecular complexity index is 403. The first kappa shape index (κ1) is 16.2. The Morgan fingerprint density at radius 1 is 1.09 bits per heavy atom. The van der Waals surface area contributed by atoms with Gasteiger partial charge in [0.1, 0.15) is 0 Å². The first-order chi connectivity index (χ1) is 10.4. The van der Waals surface area contributed by atoms with E-state index in [0.717, 1.165) is 51.9 Å². The number of carbonyl (C=O) groups excluding carboxylic acids is 1. The van der Waals surface area contributed by atoms with Gasteiger partial charge in [-0.2, -0.15) is 0 Å². The zero-order chi connectivity index (χ0) is 15.8. The Hall–Kier alpha value is -0.690. The minimum atomic E-state index is -0.471. The summed E-state index contributed by atoms with van der Waals surface area (Å²) in [5.41, 5.74) is 5.47. The molecule has 0 aliphatic carbocycles. The Morgan fingerprint density at radius 2 is 1.64 bits per heavy atom. The van der Waals surface area contributed by atoms with Crippen molar-refractivity contribution in [2.75, 3.05) is 39.4 Å². The van der Waals surface area contributed by atoms with E-state index >= 15 is 0 Å². The number of ether oxygens (including phenoxy) is 2. The highest BCUT2D eigenvalue weighted by Crippen LogP contribution is 2.34. The SMILES string of the molecule is CC(C)(C(=O)N1CCC(N)CC1)N1CCC2(CC1)OCCO2. The second-order valence-electron chi connectivity index (χ2n) is 7.28. The fourth-order valence-corrected chi connectivity index (χ4v) is 3.82. The van der Waals surface area contributed by atoms with Crippen molar-refractivity contribution in [1.29, 1.82) is 0 Å². The van der Waals surface area contributed by atoms with E-state index < -0.39 is 5.54 Å². The van der Waals surface area contributed by atoms with Gasteiger partial charge in [0.2, 0.25) is 5.91 Å². The van der Waals surface area contributed by atoms with E-state index in [4.69, 9.17) is 15.2 Å². The Morgan fingerprint density at radius 3 is 2.18 bits per heavy atom. The van der Waals surface area contributed by atoms with Crippen molar-refractivity contribution >= 4 is 5.91 Å². The molecular weight excluding hydrogens is 282 g/mol. The molecule has 0 aromatic heterocycles. The topological polar surface area (TPSA) is 68.0 Å². The van der Waals surface area contributed by atoms with Crippen LogP contribution in [-0.4, -0.2) is 72.5 Å². The van der Waals surface area contributed by atoms with Gasteiger partial charge >= 0.3 is 0 Å². The number of nitrogens with zero attached hydrogens (tertiary/aromatic N) is 2. The first-order valence-electron chi connectivity index (χ1n) is 8.51. The van der Waals surface area contributed by atoms with Gasteiger partial charge in [-0.3, -0.25) is 9.69 Å². The first-order valence-corrected chi connectivity index (χ1v) is 8.51. The van der Waals surface area contributed by atoms with E-state index in [2.05, 4.69) is 4.90 Å². The second-order valence-corrected chi connectivity index (χ2v) is 7.28. The summed E-state index contributed by atoms with van der Waals surface area (Å²) in [6.45, 7) is 8.71. The lowest BCUT2D eigenvalue weighted by Gasteiger charge is -2.46. The van der Waals surface area contributed by atoms with Crippen LogP contribution >= 0.6 is 0 Å². The minimum Gasteiger partial charge on any atom is -0.347 e. The van der Waals surface area contributed by atoms with Gasteiger partial charge in [-0.1, -0.05) is 0 Å². The normalized spacial score (nSPS) is 27.5. The molecule has 0 aromatic rings. The van der Waals surface area contributed by atoms with Gasteiger partial charge in [0.25, 0.3) is 0 Å². The van der Waals surface area contributed by atoms with Crippen molar-refractivity contribution in [3.8, 4) is 0 Å². The lowest BCUT2D eigenvalue weighted by atomic mass is 9.93. The number of piperidine rings is 2. The van der Waals surface area contributed by atoms with Crippen LogP contribution < -0.4 is 5.73 Å². The van der Waals surface area contributed by atoms with Crippen LogP contribution in [0.1, 0.15) is 39.5 Å². The van der Waals surface area contributed by atoms with E-state index in [1.54, 1.807) is 0 Å². The molecule has 3 rings (SSSR count). The Labute approximate surface area is 132 Å². The molecule has 0 saturated carbocycles. The average molecular weight is 311 g/mol. The third-order valence-corrected chi connectivity index (χ3v) is 5.48. The highest BCUT2D eigenvalue weighted by molar-refractivity contribution is 5.85. The molecule has 3 aliphatic rings. The monoisotopic (exact) mass is 311 g/mol. The maximum absolute atomic E-state index is 12.9. The number of hydrogen-bond donors (Lipinski definition) is 1. The molecule has 3 saturated heterocycles. The van der Waals surface area contributed by atoms with Crippen LogP contribution in [0.3, 0.4) is 0 Å². The molecule has 3 aliphatic heterocycles. The molecule has 0 aromatic carbocycles. The molecule has 1 amide bonds. The maximum atomic E-state index is 12.9. The number of carbonyl (C=O) groups is 1. The van der Waals surface area contributed by atoms with Gasteiger partial charge in [0.05, 0.1) is 18.8 Å². The van der Waals surface area contributed by atoms with Gasteiger partial charge in [0, 0.05) is 45.1 Å². The van der Waals surface area contributed by atoms with Crippen LogP contribution in [0.25, 0.3) is 0 Å². The Balaban J connectivity index is 1.59. The molecule has 3 heterocycles. The summed E-state index contributed by atoms with van der Waals surface area (Å²) >= 11 is 0. The van der Waals surface area contributed by atoms with Crippen molar-refractivity contribution in [2.45, 2.75) is 56.9 Å². The van der Waals surface area contributed by atoms with E-state index in [-0.39, 0.29) is 17.7 Å². The van der Waals surface area contributed by atoms with Crippen molar-refractivity contribution in [1.82, 2.24) is 9.80 Å². The molecule has 0 bridgehead atoms. The average Bonchev–Trinajstić information content (AvgIpc) is 2.96. The molecule has 2 N–H and O–H groups in total. The standard InChI is InChI=1S/C16H29N3O3/c1-15(2,14(20)18-7-3-13(17)4-8-18)19-9-5-16(6-10-19)21-11-12-22-16/h13H,3-12,17H2,1-2H3. The number of amides is 1. The summed E-state index contributed by atoms with van der Waals surface area (Å²) in [5, 5.41) is 0. The zero-order valence-corrected chi connectivity index (χ0v) is 13.8. The van der Waals surface area contributed by atoms with Gasteiger partial charge in [-0.15, -0.1) is 0 Å². The van der Waals surface area contributed by atoms with E-state index in [9.17, 15) is 4.79 Å². The lowest BCUT2D eigenvalue weighted by Crippen LogP contribution is -2.61. The molecule has 0 unspecified atom stereocenters. The van der Waals surface area contributed by atoms with Crippen molar-refractivity contribution < 1.29 is 14.3 Å². The minimum absolute atomic E-state index is 0.226. The maximum Gasteiger partial charge on any atom is 0.242 e. The fourth-order valence-electron chi connectivity index (χ4n) is 3.82. The van der Waals surface area contributed by atoms with Gasteiger partial charge < -0.3 is 20.1 Å². The molecule has 0 radical (unpaired) electrons. The second kappa shape index (κ2) is 6.07. The molecular formula is C16H29N3O3. The van der Waals surface area contributed by atoms with Crippen LogP contribution in [-0.2, 0) is 14.3 Å². The predicted octanol–water partition coefficient (Wildman–Crippen LogP) is 0.554. The van der Waals surface area contributed by atoms with Crippen LogP contribution in [0.4, 0.5) is 0 Å². The summed E-state index contributed by atoms with van der Waals surface area (Å²) in [6.07, 6.45) is 3.50. The summed E-state index contributed by atoms with van der Waals surface area (Å²) in [5.74, 6) is -0.156. The lowest BCUT2D eigenvalue weighted by molar-refractivity contribution is -0.193. The summed E-state index contributed by atoms with van der Waals surface area (Å²) < 4.78 is 11.5. The fraction of sp³-hybridized carbons (Fsp3) is 0.938. The van der Waals surface area contributed by atoms with E-state index in [1.165, 1.54) is 0 Å². The number of hydrogen-bond acceptors (Lipinski definition) is 5. The molecule has 22 heavy (non-hydrogen) atoms. The van der Waals surface area contributed by atoms with Crippen molar-refractivity contribution in [3.63, 3.8) is 0 Å². The predicted molar refractivity (Wildman–Crippen MR) is 83.3 cm³/mol. The summed E-state index contributed by atoms with van der Waals surface area (Å²) in [4.78, 5) is 17.2. The largest absolute Gasteiger partial charge is 0.347 e. The smallest absolute Gasteiger partial charge is 0.242 e. The van der Waals surface area contributed by atoms with Crippen LogP contribution in [0.5, 0.6) is 0 Å².